The van der Waals surface area contributed by atoms with E-state index in [1.54, 1.807) is 6.07 Å². The Labute approximate surface area is 145 Å². The summed E-state index contributed by atoms with van der Waals surface area (Å²) in [7, 11) is 0. The average molecular weight is 348 g/mol. The summed E-state index contributed by atoms with van der Waals surface area (Å²) in [5.74, 6) is -0.0284. The fourth-order valence-electron chi connectivity index (χ4n) is 2.76. The molecule has 0 radical (unpaired) electrons. The molecule has 1 amide bonds. The zero-order chi connectivity index (χ0) is 14.5. The molecule has 1 saturated heterocycles. The predicted molar refractivity (Wildman–Crippen MR) is 97.3 cm³/mol. The van der Waals surface area contributed by atoms with Gasteiger partial charge in [0.2, 0.25) is 0 Å². The van der Waals surface area contributed by atoms with Gasteiger partial charge in [-0.1, -0.05) is 12.5 Å². The van der Waals surface area contributed by atoms with Crippen LogP contribution in [0.25, 0.3) is 0 Å². The van der Waals surface area contributed by atoms with E-state index in [0.29, 0.717) is 11.3 Å². The fourth-order valence-corrected chi connectivity index (χ4v) is 2.76. The fraction of sp³-hybridized carbons (Fsp3) is 0.562. The number of benzene rings is 1. The molecule has 1 atom stereocenters. The lowest BCUT2D eigenvalue weighted by Crippen LogP contribution is -2.43. The van der Waals surface area contributed by atoms with E-state index >= 15 is 0 Å². The van der Waals surface area contributed by atoms with Gasteiger partial charge in [0.1, 0.15) is 0 Å². The van der Waals surface area contributed by atoms with E-state index in [1.165, 1.54) is 19.3 Å². The second-order valence-electron chi connectivity index (χ2n) is 5.81. The topological polar surface area (TPSA) is 58.4 Å². The molecule has 4 nitrogen and oxygen atoms in total. The molecule has 22 heavy (non-hydrogen) atoms. The summed E-state index contributed by atoms with van der Waals surface area (Å²) in [5.41, 5.74) is 8.02. The summed E-state index contributed by atoms with van der Waals surface area (Å²) in [6.45, 7) is 7.22. The highest BCUT2D eigenvalue weighted by Gasteiger charge is 2.16. The Morgan fingerprint density at radius 1 is 1.27 bits per heavy atom. The Morgan fingerprint density at radius 3 is 2.55 bits per heavy atom. The maximum Gasteiger partial charge on any atom is 0.251 e. The number of hydrogen-bond acceptors (Lipinski definition) is 3. The number of amides is 1. The van der Waals surface area contributed by atoms with Gasteiger partial charge in [0.15, 0.2) is 0 Å². The molecule has 0 aliphatic carbocycles. The highest BCUT2D eigenvalue weighted by molar-refractivity contribution is 5.96. The molecule has 1 fully saturated rings. The minimum atomic E-state index is -0.0284. The van der Waals surface area contributed by atoms with Gasteiger partial charge < -0.3 is 16.0 Å². The monoisotopic (exact) mass is 347 g/mol. The number of hydrogen-bond donors (Lipinski definition) is 2. The molecule has 1 aromatic rings. The lowest BCUT2D eigenvalue weighted by atomic mass is 10.1. The summed E-state index contributed by atoms with van der Waals surface area (Å²) in [5, 5.41) is 3.08. The molecule has 1 unspecified atom stereocenters. The second kappa shape index (κ2) is 9.93. The van der Waals surface area contributed by atoms with Crippen LogP contribution in [0.2, 0.25) is 0 Å². The third-order valence-electron chi connectivity index (χ3n) is 3.86. The van der Waals surface area contributed by atoms with Crippen molar-refractivity contribution < 1.29 is 4.79 Å². The Bertz CT molecular complexity index is 476. The molecule has 2 rings (SSSR count). The highest BCUT2D eigenvalue weighted by Crippen LogP contribution is 2.13. The molecule has 1 aromatic carbocycles. The molecule has 0 saturated carbocycles. The maximum absolute atomic E-state index is 12.3. The lowest BCUT2D eigenvalue weighted by Gasteiger charge is -2.29. The van der Waals surface area contributed by atoms with Crippen LogP contribution in [0.5, 0.6) is 0 Å². The van der Waals surface area contributed by atoms with Crippen LogP contribution in [0.15, 0.2) is 18.2 Å². The van der Waals surface area contributed by atoms with Crippen molar-refractivity contribution in [3.05, 3.63) is 29.3 Å². The molecular weight excluding hydrogens is 321 g/mol. The predicted octanol–water partition coefficient (Wildman–Crippen LogP) is 3.03. The van der Waals surface area contributed by atoms with Crippen LogP contribution in [0.1, 0.15) is 42.1 Å². The Morgan fingerprint density at radius 2 is 1.91 bits per heavy atom. The standard InChI is InChI=1S/C16H25N3O.2ClH/c1-12-6-7-14(17)10-15(12)16(20)18-13(2)11-19-8-4-3-5-9-19;;/h6-7,10,13H,3-5,8-9,11,17H2,1-2H3,(H,18,20);2*1H. The quantitative estimate of drug-likeness (QED) is 0.823. The van der Waals surface area contributed by atoms with Crippen LogP contribution in [0.4, 0.5) is 5.69 Å². The first-order valence-electron chi connectivity index (χ1n) is 7.45. The number of nitrogen functional groups attached to an aromatic ring is 1. The third kappa shape index (κ3) is 6.03. The molecule has 126 valence electrons. The molecule has 0 aromatic heterocycles. The number of halogens is 2. The van der Waals surface area contributed by atoms with Gasteiger partial charge in [-0.3, -0.25) is 4.79 Å². The van der Waals surface area contributed by atoms with Crippen molar-refractivity contribution in [3.8, 4) is 0 Å². The van der Waals surface area contributed by atoms with Gasteiger partial charge in [-0.05, 0) is 57.5 Å². The summed E-state index contributed by atoms with van der Waals surface area (Å²) in [6, 6.07) is 5.61. The number of piperidine rings is 1. The number of nitrogens with one attached hydrogen (secondary N) is 1. The normalized spacial score (nSPS) is 16.1. The molecule has 1 aliphatic rings. The number of likely N-dealkylation sites (tertiary alicyclic amines) is 1. The number of nitrogens with zero attached hydrogens (tertiary/aromatic N) is 1. The zero-order valence-corrected chi connectivity index (χ0v) is 14.9. The first kappa shape index (κ1) is 21.0. The van der Waals surface area contributed by atoms with E-state index in [0.717, 1.165) is 25.2 Å². The largest absolute Gasteiger partial charge is 0.399 e. The van der Waals surface area contributed by atoms with Crippen molar-refractivity contribution in [2.24, 2.45) is 0 Å². The molecule has 0 bridgehead atoms. The van der Waals surface area contributed by atoms with E-state index in [-0.39, 0.29) is 36.8 Å². The van der Waals surface area contributed by atoms with Crippen LogP contribution >= 0.6 is 24.8 Å². The summed E-state index contributed by atoms with van der Waals surface area (Å²) >= 11 is 0. The summed E-state index contributed by atoms with van der Waals surface area (Å²) in [6.07, 6.45) is 3.88. The molecular formula is C16H27Cl2N3O. The minimum absolute atomic E-state index is 0. The first-order valence-corrected chi connectivity index (χ1v) is 7.45. The van der Waals surface area contributed by atoms with Crippen molar-refractivity contribution in [1.82, 2.24) is 10.2 Å². The van der Waals surface area contributed by atoms with Crippen molar-refractivity contribution in [1.29, 1.82) is 0 Å². The maximum atomic E-state index is 12.3. The average Bonchev–Trinajstić information content (AvgIpc) is 2.42. The van der Waals surface area contributed by atoms with E-state index in [4.69, 9.17) is 5.73 Å². The van der Waals surface area contributed by atoms with Gasteiger partial charge in [0, 0.05) is 23.8 Å². The van der Waals surface area contributed by atoms with E-state index in [1.807, 2.05) is 19.1 Å². The smallest absolute Gasteiger partial charge is 0.251 e. The Balaban J connectivity index is 0.00000220. The second-order valence-corrected chi connectivity index (χ2v) is 5.81. The number of carbonyl (C=O) groups excluding carboxylic acids is 1. The first-order chi connectivity index (χ1) is 9.56. The lowest BCUT2D eigenvalue weighted by molar-refractivity contribution is 0.0925. The summed E-state index contributed by atoms with van der Waals surface area (Å²) in [4.78, 5) is 14.7. The van der Waals surface area contributed by atoms with Gasteiger partial charge in [0.05, 0.1) is 0 Å². The number of carbonyl (C=O) groups is 1. The minimum Gasteiger partial charge on any atom is -0.399 e. The zero-order valence-electron chi connectivity index (χ0n) is 13.3. The number of anilines is 1. The van der Waals surface area contributed by atoms with E-state index < -0.39 is 0 Å². The van der Waals surface area contributed by atoms with Crippen molar-refractivity contribution in [3.63, 3.8) is 0 Å². The van der Waals surface area contributed by atoms with Crippen molar-refractivity contribution in [2.45, 2.75) is 39.2 Å². The van der Waals surface area contributed by atoms with Crippen LogP contribution < -0.4 is 11.1 Å². The van der Waals surface area contributed by atoms with Crippen molar-refractivity contribution in [2.75, 3.05) is 25.4 Å². The van der Waals surface area contributed by atoms with Gasteiger partial charge in [-0.15, -0.1) is 24.8 Å². The highest BCUT2D eigenvalue weighted by atomic mass is 35.5. The van der Waals surface area contributed by atoms with Crippen molar-refractivity contribution >= 4 is 36.4 Å². The van der Waals surface area contributed by atoms with E-state index in [2.05, 4.69) is 17.1 Å². The van der Waals surface area contributed by atoms with Gasteiger partial charge in [-0.25, -0.2) is 0 Å². The van der Waals surface area contributed by atoms with Gasteiger partial charge in [0.25, 0.3) is 5.91 Å². The van der Waals surface area contributed by atoms with Gasteiger partial charge >= 0.3 is 0 Å². The van der Waals surface area contributed by atoms with Crippen LogP contribution in [0.3, 0.4) is 0 Å². The molecule has 3 N–H and O–H groups in total. The van der Waals surface area contributed by atoms with Gasteiger partial charge in [-0.2, -0.15) is 0 Å². The third-order valence-corrected chi connectivity index (χ3v) is 3.86. The van der Waals surface area contributed by atoms with Crippen LogP contribution in [-0.4, -0.2) is 36.5 Å². The molecule has 0 spiro atoms. The SMILES string of the molecule is Cc1ccc(N)cc1C(=O)NC(C)CN1CCCCC1.Cl.Cl. The number of nitrogens with two attached hydrogens (primary N) is 1. The van der Waals surface area contributed by atoms with Crippen LogP contribution in [-0.2, 0) is 0 Å². The Kier molecular flexibility index (Phi) is 9.49. The number of rotatable bonds is 4. The van der Waals surface area contributed by atoms with Crippen LogP contribution in [0, 0.1) is 6.92 Å². The summed E-state index contributed by atoms with van der Waals surface area (Å²) < 4.78 is 0. The molecule has 1 aliphatic heterocycles. The molecule has 6 heteroatoms. The Hall–Kier alpha value is -0.970. The number of aryl methyl sites for hydroxylation is 1. The van der Waals surface area contributed by atoms with E-state index in [9.17, 15) is 4.79 Å². The molecule has 1 heterocycles.